The predicted molar refractivity (Wildman–Crippen MR) is 94.9 cm³/mol. The van der Waals surface area contributed by atoms with Crippen molar-refractivity contribution in [2.75, 3.05) is 18.0 Å². The van der Waals surface area contributed by atoms with Crippen LogP contribution in [-0.2, 0) is 16.0 Å². The first kappa shape index (κ1) is 17.1. The third kappa shape index (κ3) is 3.71. The molecule has 1 unspecified atom stereocenters. The number of nitrogens with zero attached hydrogens (tertiary/aromatic N) is 1. The molecule has 4 nitrogen and oxygen atoms in total. The highest BCUT2D eigenvalue weighted by molar-refractivity contribution is 5.99. The third-order valence-corrected chi connectivity index (χ3v) is 4.60. The van der Waals surface area contributed by atoms with E-state index in [9.17, 15) is 14.0 Å². The lowest BCUT2D eigenvalue weighted by Crippen LogP contribution is -2.41. The number of hydrogen-bond acceptors (Lipinski definition) is 2. The third-order valence-electron chi connectivity index (χ3n) is 4.60. The van der Waals surface area contributed by atoms with Gasteiger partial charge in [-0.3, -0.25) is 9.59 Å². The van der Waals surface area contributed by atoms with E-state index in [2.05, 4.69) is 5.32 Å². The summed E-state index contributed by atoms with van der Waals surface area (Å²) in [5, 5.41) is 2.73. The molecule has 1 aliphatic rings. The minimum atomic E-state index is -0.390. The Bertz CT molecular complexity index is 774. The van der Waals surface area contributed by atoms with Crippen molar-refractivity contribution in [3.05, 3.63) is 65.5 Å². The number of benzene rings is 2. The molecule has 25 heavy (non-hydrogen) atoms. The van der Waals surface area contributed by atoms with Gasteiger partial charge in [-0.05, 0) is 42.2 Å². The van der Waals surface area contributed by atoms with Crippen molar-refractivity contribution in [1.82, 2.24) is 5.32 Å². The van der Waals surface area contributed by atoms with Gasteiger partial charge < -0.3 is 10.2 Å². The van der Waals surface area contributed by atoms with Crippen LogP contribution >= 0.6 is 0 Å². The maximum Gasteiger partial charge on any atom is 0.246 e. The lowest BCUT2D eigenvalue weighted by molar-refractivity contribution is -0.126. The summed E-state index contributed by atoms with van der Waals surface area (Å²) in [5.74, 6) is -1.05. The number of carbonyl (C=O) groups is 2. The van der Waals surface area contributed by atoms with E-state index in [4.69, 9.17) is 0 Å². The van der Waals surface area contributed by atoms with Gasteiger partial charge >= 0.3 is 0 Å². The van der Waals surface area contributed by atoms with Gasteiger partial charge in [0.15, 0.2) is 0 Å². The number of fused-ring (bicyclic) bond motifs is 1. The molecule has 0 aliphatic carbocycles. The van der Waals surface area contributed by atoms with Crippen molar-refractivity contribution >= 4 is 17.5 Å². The predicted octanol–water partition coefficient (Wildman–Crippen LogP) is 3.02. The Morgan fingerprint density at radius 1 is 1.16 bits per heavy atom. The minimum absolute atomic E-state index is 0.0368. The molecule has 2 aromatic carbocycles. The first-order valence-corrected chi connectivity index (χ1v) is 8.51. The zero-order chi connectivity index (χ0) is 17.8. The summed E-state index contributed by atoms with van der Waals surface area (Å²) in [4.78, 5) is 26.6. The van der Waals surface area contributed by atoms with Crippen LogP contribution in [0.25, 0.3) is 0 Å². The molecule has 1 heterocycles. The topological polar surface area (TPSA) is 49.4 Å². The number of nitrogens with one attached hydrogen (secondary N) is 1. The van der Waals surface area contributed by atoms with Gasteiger partial charge in [0.1, 0.15) is 5.82 Å². The Balaban J connectivity index is 1.61. The van der Waals surface area contributed by atoms with E-state index in [1.165, 1.54) is 12.1 Å². The highest BCUT2D eigenvalue weighted by Crippen LogP contribution is 2.27. The van der Waals surface area contributed by atoms with Gasteiger partial charge in [0, 0.05) is 12.2 Å². The molecule has 2 amide bonds. The summed E-state index contributed by atoms with van der Waals surface area (Å²) >= 11 is 0. The van der Waals surface area contributed by atoms with Gasteiger partial charge in [-0.1, -0.05) is 37.3 Å². The fourth-order valence-corrected chi connectivity index (χ4v) is 3.25. The van der Waals surface area contributed by atoms with Crippen LogP contribution in [0.1, 0.15) is 30.4 Å². The molecule has 5 heteroatoms. The van der Waals surface area contributed by atoms with Gasteiger partial charge in [-0.15, -0.1) is 0 Å². The van der Waals surface area contributed by atoms with Crippen molar-refractivity contribution < 1.29 is 14.0 Å². The van der Waals surface area contributed by atoms with Crippen LogP contribution in [0, 0.1) is 5.82 Å². The molecule has 1 N–H and O–H groups in total. The van der Waals surface area contributed by atoms with Crippen LogP contribution in [0.2, 0.25) is 0 Å². The average molecular weight is 340 g/mol. The Morgan fingerprint density at radius 3 is 2.60 bits per heavy atom. The molecule has 0 saturated heterocycles. The number of hydrogen-bond donors (Lipinski definition) is 1. The van der Waals surface area contributed by atoms with E-state index in [1.54, 1.807) is 17.0 Å². The van der Waals surface area contributed by atoms with Crippen LogP contribution in [-0.4, -0.2) is 24.9 Å². The Morgan fingerprint density at radius 2 is 1.88 bits per heavy atom. The fraction of sp³-hybridized carbons (Fsp3) is 0.300. The average Bonchev–Trinajstić information content (AvgIpc) is 3.06. The molecule has 130 valence electrons. The molecular weight excluding hydrogens is 319 g/mol. The maximum absolute atomic E-state index is 13.1. The molecule has 1 atom stereocenters. The Hall–Kier alpha value is -2.69. The van der Waals surface area contributed by atoms with Crippen LogP contribution in [0.15, 0.2) is 48.5 Å². The summed E-state index contributed by atoms with van der Waals surface area (Å²) in [5.41, 5.74) is 2.83. The maximum atomic E-state index is 13.1. The second kappa shape index (κ2) is 7.47. The molecule has 0 bridgehead atoms. The molecular formula is C20H21FN2O2. The van der Waals surface area contributed by atoms with Crippen LogP contribution in [0.3, 0.4) is 0 Å². The number of para-hydroxylation sites is 1. The largest absolute Gasteiger partial charge is 0.346 e. The molecule has 0 aromatic heterocycles. The van der Waals surface area contributed by atoms with Crippen molar-refractivity contribution in [1.29, 1.82) is 0 Å². The number of anilines is 1. The Labute approximate surface area is 146 Å². The molecule has 0 radical (unpaired) electrons. The standard InChI is InChI=1S/C20H21FN2O2/c1-2-17(14-7-9-16(21)10-8-14)20(25)22-13-19(24)23-12-11-15-5-3-4-6-18(15)23/h3-10,17H,2,11-13H2,1H3,(H,22,25). The molecule has 0 spiro atoms. The second-order valence-electron chi connectivity index (χ2n) is 6.15. The summed E-state index contributed by atoms with van der Waals surface area (Å²) in [7, 11) is 0. The van der Waals surface area contributed by atoms with Gasteiger partial charge in [-0.25, -0.2) is 4.39 Å². The minimum Gasteiger partial charge on any atom is -0.346 e. The molecule has 1 aliphatic heterocycles. The number of halogens is 1. The highest BCUT2D eigenvalue weighted by Gasteiger charge is 2.25. The molecule has 0 saturated carbocycles. The van der Waals surface area contributed by atoms with Gasteiger partial charge in [0.05, 0.1) is 12.5 Å². The van der Waals surface area contributed by atoms with E-state index < -0.39 is 0 Å². The monoisotopic (exact) mass is 340 g/mol. The number of rotatable bonds is 5. The quantitative estimate of drug-likeness (QED) is 0.909. The zero-order valence-electron chi connectivity index (χ0n) is 14.2. The van der Waals surface area contributed by atoms with E-state index in [1.807, 2.05) is 31.2 Å². The zero-order valence-corrected chi connectivity index (χ0v) is 14.2. The molecule has 3 rings (SSSR count). The summed E-state index contributed by atoms with van der Waals surface area (Å²) in [6.07, 6.45) is 1.42. The lowest BCUT2D eigenvalue weighted by Gasteiger charge is -2.19. The molecule has 2 aromatic rings. The smallest absolute Gasteiger partial charge is 0.246 e. The van der Waals surface area contributed by atoms with Gasteiger partial charge in [0.25, 0.3) is 0 Å². The van der Waals surface area contributed by atoms with Crippen LogP contribution in [0.5, 0.6) is 0 Å². The first-order chi connectivity index (χ1) is 12.1. The van der Waals surface area contributed by atoms with Crippen LogP contribution in [0.4, 0.5) is 10.1 Å². The van der Waals surface area contributed by atoms with E-state index in [-0.39, 0.29) is 30.1 Å². The Kier molecular flexibility index (Phi) is 5.12. The van der Waals surface area contributed by atoms with Crippen LogP contribution < -0.4 is 10.2 Å². The van der Waals surface area contributed by atoms with E-state index >= 15 is 0 Å². The van der Waals surface area contributed by atoms with Gasteiger partial charge in [-0.2, -0.15) is 0 Å². The van der Waals surface area contributed by atoms with Crippen molar-refractivity contribution in [3.8, 4) is 0 Å². The van der Waals surface area contributed by atoms with Crippen molar-refractivity contribution in [3.63, 3.8) is 0 Å². The lowest BCUT2D eigenvalue weighted by atomic mass is 9.95. The van der Waals surface area contributed by atoms with Crippen molar-refractivity contribution in [2.45, 2.75) is 25.7 Å². The molecule has 0 fully saturated rings. The normalized spacial score (nSPS) is 14.1. The summed E-state index contributed by atoms with van der Waals surface area (Å²) < 4.78 is 13.1. The van der Waals surface area contributed by atoms with Gasteiger partial charge in [0.2, 0.25) is 11.8 Å². The fourth-order valence-electron chi connectivity index (χ4n) is 3.25. The first-order valence-electron chi connectivity index (χ1n) is 8.51. The summed E-state index contributed by atoms with van der Waals surface area (Å²) in [6, 6.07) is 13.7. The van der Waals surface area contributed by atoms with E-state index in [0.29, 0.717) is 13.0 Å². The number of carbonyl (C=O) groups excluding carboxylic acids is 2. The van der Waals surface area contributed by atoms with Crippen molar-refractivity contribution in [2.24, 2.45) is 0 Å². The van der Waals surface area contributed by atoms with E-state index in [0.717, 1.165) is 23.2 Å². The highest BCUT2D eigenvalue weighted by atomic mass is 19.1. The SMILES string of the molecule is CCC(C(=O)NCC(=O)N1CCc2ccccc21)c1ccc(F)cc1. The number of amides is 2. The summed E-state index contributed by atoms with van der Waals surface area (Å²) in [6.45, 7) is 2.50. The second-order valence-corrected chi connectivity index (χ2v) is 6.15.